The van der Waals surface area contributed by atoms with Crippen LogP contribution < -0.4 is 0 Å². The third-order valence-corrected chi connectivity index (χ3v) is 29.7. The molecule has 6 heteroatoms. The highest BCUT2D eigenvalue weighted by atomic mass is 32.1. The number of thiophene rings is 3. The Morgan fingerprint density at radius 1 is 0.121 bits per heavy atom. The Balaban J connectivity index is 0.000000106. The second-order valence-corrected chi connectivity index (χ2v) is 37.1. The Morgan fingerprint density at radius 3 is 1.01 bits per heavy atom. The molecule has 27 rings (SSSR count). The first-order valence-corrected chi connectivity index (χ1v) is 47.2. The van der Waals surface area contributed by atoms with Gasteiger partial charge in [-0.1, -0.05) is 352 Å². The monoisotopic (exact) mass is 1730 g/mol. The molecule has 0 saturated carbocycles. The third kappa shape index (κ3) is 14.1. The largest absolute Gasteiger partial charge is 0.456 e. The van der Waals surface area contributed by atoms with E-state index < -0.39 is 0 Å². The number of para-hydroxylation sites is 3. The van der Waals surface area contributed by atoms with Gasteiger partial charge in [-0.3, -0.25) is 0 Å². The van der Waals surface area contributed by atoms with Crippen LogP contribution in [-0.4, -0.2) is 0 Å². The number of rotatable bonds is 12. The lowest BCUT2D eigenvalue weighted by molar-refractivity contribution is 0.668. The van der Waals surface area contributed by atoms with Crippen molar-refractivity contribution in [2.45, 2.75) is 0 Å². The van der Waals surface area contributed by atoms with Gasteiger partial charge in [-0.15, -0.1) is 34.0 Å². The summed E-state index contributed by atoms with van der Waals surface area (Å²) in [7, 11) is 0. The summed E-state index contributed by atoms with van der Waals surface area (Å²) < 4.78 is 26.9. The molecular formula is C126H78O3S3. The molecule has 0 spiro atoms. The van der Waals surface area contributed by atoms with E-state index in [0.29, 0.717) is 0 Å². The maximum absolute atomic E-state index is 6.51. The van der Waals surface area contributed by atoms with Gasteiger partial charge in [-0.25, -0.2) is 0 Å². The quantitative estimate of drug-likeness (QED) is 0.122. The zero-order valence-electron chi connectivity index (χ0n) is 71.5. The minimum absolute atomic E-state index is 0.874. The summed E-state index contributed by atoms with van der Waals surface area (Å²) >= 11 is 5.65. The SMILES string of the molecule is c1ccc(-c2ccc(-c3cccc(-c4cc(-c5ccc6c(c5)oc5ccccc56)c5oc6ccccc6c5c4)c3)cc2)cc1.c1ccc(-c2cccc(-c3ccccc3-c3cc(-c4ccc5sc6ccccc6c5c4)c4sc5ccccc5c4c3)c2)cc1.c1ccc(-c2ccccc2-c2ccccc2-c2cc(-c3ccc4oc5ccccc5c4c3)c3sc4ccccc4c3c2)cc1. The lowest BCUT2D eigenvalue weighted by atomic mass is 9.88. The molecule has 6 aromatic heterocycles. The number of benzene rings is 21. The molecule has 3 nitrogen and oxygen atoms in total. The van der Waals surface area contributed by atoms with Gasteiger partial charge in [0.2, 0.25) is 0 Å². The average molecular weight is 1740 g/mol. The fourth-order valence-corrected chi connectivity index (χ4v) is 23.2. The van der Waals surface area contributed by atoms with E-state index in [-0.39, 0.29) is 0 Å². The Bertz CT molecular complexity index is 9160. The maximum Gasteiger partial charge on any atom is 0.143 e. The topological polar surface area (TPSA) is 39.4 Å². The Morgan fingerprint density at radius 2 is 0.432 bits per heavy atom. The van der Waals surface area contributed by atoms with E-state index in [1.807, 2.05) is 70.4 Å². The van der Waals surface area contributed by atoms with Crippen LogP contribution in [0.25, 0.3) is 260 Å². The molecule has 0 aliphatic heterocycles. The molecule has 21 aromatic carbocycles. The normalized spacial score (nSPS) is 11.6. The standard InChI is InChI=1S/C42H26O2.C42H26OS.C42H26S2/c1-2-9-27(10-3-1)28-17-19-29(20-18-28)30-11-8-12-31(23-30)33-24-37(42-38(25-33)35-14-5-7-16-40(35)44-42)32-21-22-36-34-13-4-6-15-39(34)43-41(36)26-32;1-2-12-27(13-3-1)30-14-4-6-16-32(30)33-17-7-5-15-31(33)29-25-36(42-38(26-29)35-19-9-11-21-41(35)44-42)28-22-23-40-37(24-28)34-18-8-10-20-39(34)43-40;1-2-11-27(12-3-1)28-13-10-14-29(23-28)32-15-4-5-16-33(32)31-25-36(42-38(26-31)35-18-7-9-20-40(35)44-42)30-21-22-41-37(24-30)34-17-6-8-19-39(34)43-41/h3*1-26H. The highest BCUT2D eigenvalue weighted by Gasteiger charge is 2.24. The molecule has 0 N–H and O–H groups in total. The summed E-state index contributed by atoms with van der Waals surface area (Å²) in [5.74, 6) is 0. The summed E-state index contributed by atoms with van der Waals surface area (Å²) in [6.45, 7) is 0. The van der Waals surface area contributed by atoms with Crippen molar-refractivity contribution in [3.63, 3.8) is 0 Å². The van der Waals surface area contributed by atoms with Gasteiger partial charge in [0.1, 0.15) is 33.5 Å². The highest BCUT2D eigenvalue weighted by molar-refractivity contribution is 7.27. The van der Waals surface area contributed by atoms with Crippen molar-refractivity contribution in [2.24, 2.45) is 0 Å². The zero-order chi connectivity index (χ0) is 87.1. The van der Waals surface area contributed by atoms with E-state index in [1.54, 1.807) is 0 Å². The first-order chi connectivity index (χ1) is 65.4. The van der Waals surface area contributed by atoms with E-state index in [2.05, 4.69) is 437 Å². The van der Waals surface area contributed by atoms with Crippen LogP contribution in [0.2, 0.25) is 0 Å². The van der Waals surface area contributed by atoms with Crippen molar-refractivity contribution < 1.29 is 13.3 Å². The van der Waals surface area contributed by atoms with E-state index in [0.717, 1.165) is 88.1 Å². The van der Waals surface area contributed by atoms with Crippen LogP contribution in [-0.2, 0) is 0 Å². The van der Waals surface area contributed by atoms with Crippen LogP contribution in [0, 0.1) is 0 Å². The number of fused-ring (bicyclic) bond motifs is 18. The van der Waals surface area contributed by atoms with Gasteiger partial charge in [0, 0.05) is 110 Å². The molecule has 132 heavy (non-hydrogen) atoms. The van der Waals surface area contributed by atoms with Crippen LogP contribution in [0.3, 0.4) is 0 Å². The number of furan rings is 3. The molecular weight excluding hydrogens is 1660 g/mol. The van der Waals surface area contributed by atoms with E-state index in [4.69, 9.17) is 13.3 Å². The van der Waals surface area contributed by atoms with Crippen LogP contribution in [0.5, 0.6) is 0 Å². The minimum Gasteiger partial charge on any atom is -0.456 e. The summed E-state index contributed by atoms with van der Waals surface area (Å²) in [6, 6.07) is 170. The maximum atomic E-state index is 6.51. The number of hydrogen-bond acceptors (Lipinski definition) is 6. The van der Waals surface area contributed by atoms with Crippen LogP contribution in [0.15, 0.2) is 486 Å². The van der Waals surface area contributed by atoms with Gasteiger partial charge in [0.15, 0.2) is 0 Å². The fourth-order valence-electron chi connectivity index (χ4n) is 19.7. The molecule has 27 aromatic rings. The van der Waals surface area contributed by atoms with Gasteiger partial charge < -0.3 is 13.3 Å². The molecule has 0 bridgehead atoms. The first-order valence-electron chi connectivity index (χ1n) is 44.8. The Labute approximate surface area is 774 Å². The molecule has 0 atom stereocenters. The molecule has 0 amide bonds. The van der Waals surface area contributed by atoms with Crippen molar-refractivity contribution >= 4 is 160 Å². The molecule has 6 heterocycles. The second-order valence-electron chi connectivity index (χ2n) is 33.9. The van der Waals surface area contributed by atoms with E-state index >= 15 is 0 Å². The van der Waals surface area contributed by atoms with Gasteiger partial charge in [-0.2, -0.15) is 0 Å². The molecule has 618 valence electrons. The zero-order valence-corrected chi connectivity index (χ0v) is 73.9. The highest BCUT2D eigenvalue weighted by Crippen LogP contribution is 2.51. The van der Waals surface area contributed by atoms with Crippen molar-refractivity contribution in [1.82, 2.24) is 0 Å². The molecule has 0 saturated heterocycles. The van der Waals surface area contributed by atoms with E-state index in [1.165, 1.54) is 172 Å². The third-order valence-electron chi connectivity index (χ3n) is 26.1. The smallest absolute Gasteiger partial charge is 0.143 e. The minimum atomic E-state index is 0.874. The summed E-state index contributed by atoms with van der Waals surface area (Å²) in [5, 5.41) is 14.7. The van der Waals surface area contributed by atoms with Gasteiger partial charge in [0.25, 0.3) is 0 Å². The van der Waals surface area contributed by atoms with Crippen molar-refractivity contribution in [2.75, 3.05) is 0 Å². The van der Waals surface area contributed by atoms with E-state index in [9.17, 15) is 0 Å². The lowest BCUT2D eigenvalue weighted by Gasteiger charge is -2.16. The summed E-state index contributed by atoms with van der Waals surface area (Å²) in [6.07, 6.45) is 0. The lowest BCUT2D eigenvalue weighted by Crippen LogP contribution is -1.90. The van der Waals surface area contributed by atoms with Crippen LogP contribution >= 0.6 is 34.0 Å². The van der Waals surface area contributed by atoms with Crippen molar-refractivity contribution in [3.8, 4) is 134 Å². The van der Waals surface area contributed by atoms with Crippen molar-refractivity contribution in [3.05, 3.63) is 473 Å². The van der Waals surface area contributed by atoms with Gasteiger partial charge in [0.05, 0.1) is 0 Å². The van der Waals surface area contributed by atoms with Crippen LogP contribution in [0.1, 0.15) is 0 Å². The van der Waals surface area contributed by atoms with Crippen molar-refractivity contribution in [1.29, 1.82) is 0 Å². The molecule has 0 fully saturated rings. The second kappa shape index (κ2) is 33.1. The fraction of sp³-hybridized carbons (Fsp3) is 0. The summed E-state index contributed by atoms with van der Waals surface area (Å²) in [5.41, 5.74) is 34.4. The van der Waals surface area contributed by atoms with Gasteiger partial charge >= 0.3 is 0 Å². The Hall–Kier alpha value is -16.3. The molecule has 0 unspecified atom stereocenters. The first kappa shape index (κ1) is 78.0. The molecule has 0 aliphatic rings. The number of hydrogen-bond donors (Lipinski definition) is 0. The average Bonchev–Trinajstić information content (AvgIpc) is 1.57. The van der Waals surface area contributed by atoms with Gasteiger partial charge in [-0.05, 0) is 238 Å². The molecule has 0 radical (unpaired) electrons. The summed E-state index contributed by atoms with van der Waals surface area (Å²) in [4.78, 5) is 0. The van der Waals surface area contributed by atoms with Crippen LogP contribution in [0.4, 0.5) is 0 Å². The predicted octanol–water partition coefficient (Wildman–Crippen LogP) is 37.9. The molecule has 0 aliphatic carbocycles. The Kier molecular flexibility index (Phi) is 19.5. The predicted molar refractivity (Wildman–Crippen MR) is 565 cm³/mol.